The summed E-state index contributed by atoms with van der Waals surface area (Å²) in [5.41, 5.74) is 0. The van der Waals surface area contributed by atoms with Gasteiger partial charge in [-0.05, 0) is 38.0 Å². The Morgan fingerprint density at radius 1 is 0.636 bits per heavy atom. The minimum absolute atomic E-state index is 0.0273. The third kappa shape index (κ3) is 28.3. The van der Waals surface area contributed by atoms with Crippen molar-refractivity contribution < 1.29 is 39.5 Å². The highest BCUT2D eigenvalue weighted by atomic mass is 16.6. The lowest BCUT2D eigenvalue weighted by molar-refractivity contribution is -0.152. The average Bonchev–Trinajstić information content (AvgIpc) is 2.99. The molecule has 4 atom stereocenters. The van der Waals surface area contributed by atoms with Crippen LogP contribution in [0.2, 0.25) is 0 Å². The Bertz CT molecular complexity index is 858. The molecule has 4 N–H and O–H groups in total. The van der Waals surface area contributed by atoms with Gasteiger partial charge in [0, 0.05) is 12.8 Å². The zero-order valence-corrected chi connectivity index (χ0v) is 27.4. The Balaban J connectivity index is 3.90. The predicted octanol–water partition coefficient (Wildman–Crippen LogP) is 6.43. The average molecular weight is 621 g/mol. The van der Waals surface area contributed by atoms with Crippen LogP contribution in [-0.4, -0.2) is 70.0 Å². The first-order chi connectivity index (χ1) is 21.1. The van der Waals surface area contributed by atoms with Gasteiger partial charge in [0.05, 0.1) is 18.3 Å². The molecule has 0 fully saturated rings. The number of rotatable bonds is 27. The summed E-state index contributed by atoms with van der Waals surface area (Å²) in [6.45, 7) is 6.04. The van der Waals surface area contributed by atoms with Crippen molar-refractivity contribution in [1.82, 2.24) is 0 Å². The van der Waals surface area contributed by atoms with Gasteiger partial charge in [0.2, 0.25) is 0 Å². The van der Waals surface area contributed by atoms with Gasteiger partial charge in [-0.3, -0.25) is 9.59 Å². The molecule has 8 nitrogen and oxygen atoms in total. The molecule has 0 saturated heterocycles. The second kappa shape index (κ2) is 29.2. The number of carbonyl (C=O) groups is 2. The highest BCUT2D eigenvalue weighted by molar-refractivity contribution is 5.69. The maximum atomic E-state index is 11.9. The van der Waals surface area contributed by atoms with Gasteiger partial charge in [0.25, 0.3) is 0 Å². The van der Waals surface area contributed by atoms with Crippen molar-refractivity contribution in [2.75, 3.05) is 13.2 Å². The van der Waals surface area contributed by atoms with Crippen LogP contribution in [0.1, 0.15) is 111 Å². The zero-order chi connectivity index (χ0) is 32.8. The van der Waals surface area contributed by atoms with Gasteiger partial charge < -0.3 is 29.9 Å². The van der Waals surface area contributed by atoms with Gasteiger partial charge in [-0.1, -0.05) is 126 Å². The summed E-state index contributed by atoms with van der Waals surface area (Å²) in [6, 6.07) is 0. The number of hydrogen-bond donors (Lipinski definition) is 4. The van der Waals surface area contributed by atoms with E-state index in [0.29, 0.717) is 19.3 Å². The second-order valence-electron chi connectivity index (χ2n) is 11.6. The first-order valence-corrected chi connectivity index (χ1v) is 16.5. The van der Waals surface area contributed by atoms with Gasteiger partial charge in [-0.2, -0.15) is 0 Å². The summed E-state index contributed by atoms with van der Waals surface area (Å²) < 4.78 is 10.1. The molecule has 0 spiro atoms. The molecule has 8 heteroatoms. The summed E-state index contributed by atoms with van der Waals surface area (Å²) >= 11 is 0. The van der Waals surface area contributed by atoms with Gasteiger partial charge in [-0.15, -0.1) is 0 Å². The van der Waals surface area contributed by atoms with Crippen LogP contribution in [0.3, 0.4) is 0 Å². The van der Waals surface area contributed by atoms with Crippen molar-refractivity contribution in [2.45, 2.75) is 135 Å². The number of aliphatic hydroxyl groups is 4. The lowest BCUT2D eigenvalue weighted by Crippen LogP contribution is -2.26. The smallest absolute Gasteiger partial charge is 0.305 e. The predicted molar refractivity (Wildman–Crippen MR) is 177 cm³/mol. The summed E-state index contributed by atoms with van der Waals surface area (Å²) in [4.78, 5) is 23.8. The lowest BCUT2D eigenvalue weighted by Gasteiger charge is -2.14. The number of allylic oxidation sites excluding steroid dienone is 7. The van der Waals surface area contributed by atoms with E-state index in [-0.39, 0.29) is 32.0 Å². The molecule has 0 amide bonds. The van der Waals surface area contributed by atoms with Gasteiger partial charge >= 0.3 is 11.9 Å². The molecule has 0 rings (SSSR count). The van der Waals surface area contributed by atoms with Crippen LogP contribution in [0.5, 0.6) is 0 Å². The van der Waals surface area contributed by atoms with Crippen LogP contribution >= 0.6 is 0 Å². The molecule has 0 aromatic rings. The molecule has 252 valence electrons. The molecule has 0 aliphatic carbocycles. The van der Waals surface area contributed by atoms with Gasteiger partial charge in [0.15, 0.2) is 0 Å². The number of ether oxygens (including phenoxy) is 2. The highest BCUT2D eigenvalue weighted by Crippen LogP contribution is 2.13. The third-order valence-electron chi connectivity index (χ3n) is 6.79. The Labute approximate surface area is 266 Å². The lowest BCUT2D eigenvalue weighted by atomic mass is 10.0. The summed E-state index contributed by atoms with van der Waals surface area (Å²) in [7, 11) is 0. The van der Waals surface area contributed by atoms with Crippen molar-refractivity contribution in [3.8, 4) is 0 Å². The topological polar surface area (TPSA) is 134 Å². The normalized spacial score (nSPS) is 15.3. The second-order valence-corrected chi connectivity index (χ2v) is 11.6. The van der Waals surface area contributed by atoms with E-state index in [1.165, 1.54) is 38.2 Å². The molecule has 0 aromatic carbocycles. The van der Waals surface area contributed by atoms with Crippen molar-refractivity contribution in [2.24, 2.45) is 5.92 Å². The van der Waals surface area contributed by atoms with Crippen molar-refractivity contribution in [3.05, 3.63) is 60.8 Å². The first-order valence-electron chi connectivity index (χ1n) is 16.5. The van der Waals surface area contributed by atoms with E-state index in [4.69, 9.17) is 9.47 Å². The van der Waals surface area contributed by atoms with Crippen LogP contribution in [0.25, 0.3) is 0 Å². The molecular weight excluding hydrogens is 560 g/mol. The molecule has 0 aliphatic heterocycles. The van der Waals surface area contributed by atoms with Crippen LogP contribution in [0.15, 0.2) is 60.8 Å². The molecule has 0 bridgehead atoms. The van der Waals surface area contributed by atoms with E-state index in [2.05, 4.69) is 13.8 Å². The Morgan fingerprint density at radius 2 is 1.16 bits per heavy atom. The van der Waals surface area contributed by atoms with Gasteiger partial charge in [-0.25, -0.2) is 0 Å². The molecule has 0 unspecified atom stereocenters. The van der Waals surface area contributed by atoms with E-state index in [9.17, 15) is 30.0 Å². The van der Waals surface area contributed by atoms with E-state index in [1.54, 1.807) is 42.5 Å². The van der Waals surface area contributed by atoms with Crippen molar-refractivity contribution in [1.29, 1.82) is 0 Å². The fourth-order valence-corrected chi connectivity index (χ4v) is 4.14. The third-order valence-corrected chi connectivity index (χ3v) is 6.79. The summed E-state index contributed by atoms with van der Waals surface area (Å²) in [6.07, 6.45) is 25.3. The summed E-state index contributed by atoms with van der Waals surface area (Å²) in [5.74, 6) is -0.130. The number of carbonyl (C=O) groups excluding carboxylic acids is 2. The fraction of sp³-hybridized carbons (Fsp3) is 0.667. The Hall–Kier alpha value is -2.52. The number of unbranched alkanes of at least 4 members (excludes halogenated alkanes) is 6. The standard InChI is InChI=1S/C36H60O8/c1-4-5-15-22-31(37)23-17-12-9-10-13-18-24-33(39)34(40)25-20-27-36(42)44-29-32(38)28-43-35(41)26-19-14-8-6-7-11-16-21-30(2)3/h5,9-10,12-13,15,17-18,23-24,30-34,37-40H,4,6-8,11,14,16,19-22,25-29H2,1-3H3/b12-9+,13-10-,15-5-,23-17+,24-18-/t31-,32+,33+,34+/m1/s1. The number of aliphatic hydroxyl groups excluding tert-OH is 4. The van der Waals surface area contributed by atoms with Crippen LogP contribution in [0.4, 0.5) is 0 Å². The molecule has 0 saturated carbocycles. The van der Waals surface area contributed by atoms with Gasteiger partial charge in [0.1, 0.15) is 19.3 Å². The monoisotopic (exact) mass is 620 g/mol. The number of esters is 2. The Kier molecular flexibility index (Phi) is 27.5. The minimum atomic E-state index is -1.09. The quantitative estimate of drug-likeness (QED) is 0.0357. The van der Waals surface area contributed by atoms with E-state index in [1.807, 2.05) is 19.1 Å². The van der Waals surface area contributed by atoms with Crippen molar-refractivity contribution >= 4 is 11.9 Å². The molecular formula is C36H60O8. The highest BCUT2D eigenvalue weighted by Gasteiger charge is 2.15. The van der Waals surface area contributed by atoms with E-state index >= 15 is 0 Å². The Morgan fingerprint density at radius 3 is 1.75 bits per heavy atom. The van der Waals surface area contributed by atoms with Crippen LogP contribution < -0.4 is 0 Å². The molecule has 0 aromatic heterocycles. The van der Waals surface area contributed by atoms with E-state index in [0.717, 1.165) is 31.6 Å². The van der Waals surface area contributed by atoms with E-state index < -0.39 is 30.4 Å². The fourth-order valence-electron chi connectivity index (χ4n) is 4.14. The summed E-state index contributed by atoms with van der Waals surface area (Å²) in [5, 5.41) is 39.9. The zero-order valence-electron chi connectivity index (χ0n) is 27.4. The minimum Gasteiger partial charge on any atom is -0.463 e. The number of hydrogen-bond acceptors (Lipinski definition) is 8. The maximum absolute atomic E-state index is 11.9. The molecule has 0 radical (unpaired) electrons. The molecule has 0 heterocycles. The largest absolute Gasteiger partial charge is 0.463 e. The SMILES string of the molecule is CC/C=C\C[C@@H](O)/C=C/C=C/C=C\C=C/[C@H](O)[C@@H](O)CCCC(=O)OC[C@@H](O)COC(=O)CCCCCCCCCC(C)C. The van der Waals surface area contributed by atoms with Crippen LogP contribution in [0, 0.1) is 5.92 Å². The molecule has 44 heavy (non-hydrogen) atoms. The molecule has 0 aliphatic rings. The van der Waals surface area contributed by atoms with Crippen molar-refractivity contribution in [3.63, 3.8) is 0 Å². The first kappa shape index (κ1) is 41.5. The maximum Gasteiger partial charge on any atom is 0.305 e. The van der Waals surface area contributed by atoms with Crippen LogP contribution in [-0.2, 0) is 19.1 Å².